The first-order chi connectivity index (χ1) is 12.1. The zero-order valence-corrected chi connectivity index (χ0v) is 14.5. The Balaban J connectivity index is 1.66. The van der Waals surface area contributed by atoms with Gasteiger partial charge in [0.15, 0.2) is 0 Å². The molecule has 0 unspecified atom stereocenters. The molecule has 25 heavy (non-hydrogen) atoms. The van der Waals surface area contributed by atoms with Crippen LogP contribution in [0.4, 0.5) is 5.69 Å². The second-order valence-electron chi connectivity index (χ2n) is 6.71. The number of rotatable bonds is 4. The summed E-state index contributed by atoms with van der Waals surface area (Å²) < 4.78 is 0. The molecule has 1 saturated carbocycles. The average molecular weight is 336 g/mol. The normalized spacial score (nSPS) is 14.8. The molecule has 0 radical (unpaired) electrons. The van der Waals surface area contributed by atoms with E-state index in [1.165, 1.54) is 19.3 Å². The summed E-state index contributed by atoms with van der Waals surface area (Å²) in [6.45, 7) is 1.95. The molecule has 0 aromatic heterocycles. The molecule has 2 aromatic rings. The van der Waals surface area contributed by atoms with Gasteiger partial charge in [0.2, 0.25) is 0 Å². The SMILES string of the molecule is Cc1cccc(C(=O)Nc2cccc(C(=O)NC3CCCCC3)c2)c1. The van der Waals surface area contributed by atoms with Crippen LogP contribution in [0.1, 0.15) is 58.4 Å². The van der Waals surface area contributed by atoms with Crippen molar-refractivity contribution in [2.75, 3.05) is 5.32 Å². The van der Waals surface area contributed by atoms with Crippen LogP contribution in [-0.2, 0) is 0 Å². The Morgan fingerprint density at radius 2 is 1.56 bits per heavy atom. The van der Waals surface area contributed by atoms with Gasteiger partial charge in [-0.3, -0.25) is 9.59 Å². The molecular weight excluding hydrogens is 312 g/mol. The largest absolute Gasteiger partial charge is 0.349 e. The molecule has 0 aliphatic heterocycles. The summed E-state index contributed by atoms with van der Waals surface area (Å²) >= 11 is 0. The molecule has 4 heteroatoms. The molecular formula is C21H24N2O2. The molecule has 4 nitrogen and oxygen atoms in total. The standard InChI is InChI=1S/C21H24N2O2/c1-15-7-5-8-16(13-15)20(24)23-19-12-6-9-17(14-19)21(25)22-18-10-3-2-4-11-18/h5-9,12-14,18H,2-4,10-11H2,1H3,(H,22,25)(H,23,24). The first-order valence-corrected chi connectivity index (χ1v) is 8.91. The lowest BCUT2D eigenvalue weighted by Crippen LogP contribution is -2.36. The van der Waals surface area contributed by atoms with Gasteiger partial charge in [0.1, 0.15) is 0 Å². The van der Waals surface area contributed by atoms with E-state index in [-0.39, 0.29) is 17.9 Å². The Bertz CT molecular complexity index is 764. The first kappa shape index (κ1) is 17.2. The van der Waals surface area contributed by atoms with Crippen molar-refractivity contribution in [2.45, 2.75) is 45.1 Å². The third-order valence-electron chi connectivity index (χ3n) is 4.60. The second kappa shape index (κ2) is 7.97. The van der Waals surface area contributed by atoms with Crippen molar-refractivity contribution in [2.24, 2.45) is 0 Å². The van der Waals surface area contributed by atoms with E-state index in [0.717, 1.165) is 18.4 Å². The summed E-state index contributed by atoms with van der Waals surface area (Å²) in [5, 5.41) is 5.97. The number of hydrogen-bond acceptors (Lipinski definition) is 2. The topological polar surface area (TPSA) is 58.2 Å². The van der Waals surface area contributed by atoms with E-state index >= 15 is 0 Å². The number of amides is 2. The van der Waals surface area contributed by atoms with Gasteiger partial charge in [0.05, 0.1) is 0 Å². The maximum Gasteiger partial charge on any atom is 0.255 e. The quantitative estimate of drug-likeness (QED) is 0.874. The molecule has 0 bridgehead atoms. The molecule has 0 heterocycles. The van der Waals surface area contributed by atoms with Crippen LogP contribution in [0.2, 0.25) is 0 Å². The Morgan fingerprint density at radius 1 is 0.880 bits per heavy atom. The summed E-state index contributed by atoms with van der Waals surface area (Å²) in [5.41, 5.74) is 2.85. The van der Waals surface area contributed by atoms with E-state index in [2.05, 4.69) is 10.6 Å². The lowest BCUT2D eigenvalue weighted by Gasteiger charge is -2.22. The van der Waals surface area contributed by atoms with Crippen LogP contribution in [0.3, 0.4) is 0 Å². The molecule has 0 spiro atoms. The third-order valence-corrected chi connectivity index (χ3v) is 4.60. The highest BCUT2D eigenvalue weighted by Crippen LogP contribution is 2.19. The minimum absolute atomic E-state index is 0.0708. The number of benzene rings is 2. The molecule has 2 amide bonds. The average Bonchev–Trinajstić information content (AvgIpc) is 2.63. The Kier molecular flexibility index (Phi) is 5.49. The van der Waals surface area contributed by atoms with E-state index in [9.17, 15) is 9.59 Å². The number of aryl methyl sites for hydroxylation is 1. The van der Waals surface area contributed by atoms with Gasteiger partial charge in [-0.25, -0.2) is 0 Å². The maximum atomic E-state index is 12.4. The van der Waals surface area contributed by atoms with Crippen molar-refractivity contribution in [3.8, 4) is 0 Å². The van der Waals surface area contributed by atoms with E-state index in [1.54, 1.807) is 30.3 Å². The number of hydrogen-bond donors (Lipinski definition) is 2. The fourth-order valence-electron chi connectivity index (χ4n) is 3.24. The van der Waals surface area contributed by atoms with Crippen molar-refractivity contribution >= 4 is 17.5 Å². The Labute approximate surface area is 148 Å². The molecule has 1 fully saturated rings. The van der Waals surface area contributed by atoms with E-state index in [1.807, 2.05) is 25.1 Å². The van der Waals surface area contributed by atoms with Crippen molar-refractivity contribution in [3.63, 3.8) is 0 Å². The maximum absolute atomic E-state index is 12.4. The van der Waals surface area contributed by atoms with Crippen molar-refractivity contribution in [1.82, 2.24) is 5.32 Å². The van der Waals surface area contributed by atoms with Crippen LogP contribution in [-0.4, -0.2) is 17.9 Å². The van der Waals surface area contributed by atoms with Crippen LogP contribution in [0.15, 0.2) is 48.5 Å². The van der Waals surface area contributed by atoms with Crippen LogP contribution < -0.4 is 10.6 Å². The first-order valence-electron chi connectivity index (χ1n) is 8.91. The van der Waals surface area contributed by atoms with Gasteiger partial charge >= 0.3 is 0 Å². The highest BCUT2D eigenvalue weighted by atomic mass is 16.2. The van der Waals surface area contributed by atoms with Gasteiger partial charge in [0.25, 0.3) is 11.8 Å². The van der Waals surface area contributed by atoms with E-state index in [0.29, 0.717) is 16.8 Å². The van der Waals surface area contributed by atoms with Crippen LogP contribution in [0, 0.1) is 6.92 Å². The number of nitrogens with one attached hydrogen (secondary N) is 2. The second-order valence-corrected chi connectivity index (χ2v) is 6.71. The highest BCUT2D eigenvalue weighted by Gasteiger charge is 2.17. The van der Waals surface area contributed by atoms with Crippen molar-refractivity contribution < 1.29 is 9.59 Å². The van der Waals surface area contributed by atoms with Crippen molar-refractivity contribution in [3.05, 3.63) is 65.2 Å². The molecule has 0 atom stereocenters. The minimum atomic E-state index is -0.173. The zero-order valence-electron chi connectivity index (χ0n) is 14.5. The smallest absolute Gasteiger partial charge is 0.255 e. The van der Waals surface area contributed by atoms with Gasteiger partial charge in [-0.15, -0.1) is 0 Å². The molecule has 2 aromatic carbocycles. The van der Waals surface area contributed by atoms with E-state index in [4.69, 9.17) is 0 Å². The van der Waals surface area contributed by atoms with Gasteiger partial charge in [-0.05, 0) is 50.1 Å². The lowest BCUT2D eigenvalue weighted by atomic mass is 9.95. The summed E-state index contributed by atoms with van der Waals surface area (Å²) in [4.78, 5) is 24.8. The van der Waals surface area contributed by atoms with Gasteiger partial charge in [0, 0.05) is 22.9 Å². The minimum Gasteiger partial charge on any atom is -0.349 e. The lowest BCUT2D eigenvalue weighted by molar-refractivity contribution is 0.0926. The van der Waals surface area contributed by atoms with Gasteiger partial charge in [-0.2, -0.15) is 0 Å². The summed E-state index contributed by atoms with van der Waals surface area (Å²) in [7, 11) is 0. The monoisotopic (exact) mass is 336 g/mol. The fraction of sp³-hybridized carbons (Fsp3) is 0.333. The summed E-state index contributed by atoms with van der Waals surface area (Å²) in [6.07, 6.45) is 5.72. The van der Waals surface area contributed by atoms with Gasteiger partial charge < -0.3 is 10.6 Å². The number of anilines is 1. The molecule has 0 saturated heterocycles. The summed E-state index contributed by atoms with van der Waals surface area (Å²) in [6, 6.07) is 14.8. The van der Waals surface area contributed by atoms with Crippen LogP contribution in [0.25, 0.3) is 0 Å². The zero-order chi connectivity index (χ0) is 17.6. The Morgan fingerprint density at radius 3 is 2.28 bits per heavy atom. The predicted molar refractivity (Wildman–Crippen MR) is 99.9 cm³/mol. The number of carbonyl (C=O) groups excluding carboxylic acids is 2. The highest BCUT2D eigenvalue weighted by molar-refractivity contribution is 6.05. The number of carbonyl (C=O) groups is 2. The van der Waals surface area contributed by atoms with Crippen LogP contribution >= 0.6 is 0 Å². The summed E-state index contributed by atoms with van der Waals surface area (Å²) in [5.74, 6) is -0.243. The Hall–Kier alpha value is -2.62. The van der Waals surface area contributed by atoms with E-state index < -0.39 is 0 Å². The molecule has 3 rings (SSSR count). The molecule has 2 N–H and O–H groups in total. The van der Waals surface area contributed by atoms with Crippen molar-refractivity contribution in [1.29, 1.82) is 0 Å². The fourth-order valence-corrected chi connectivity index (χ4v) is 3.24. The third kappa shape index (κ3) is 4.69. The predicted octanol–water partition coefficient (Wildman–Crippen LogP) is 4.31. The van der Waals surface area contributed by atoms with Crippen LogP contribution in [0.5, 0.6) is 0 Å². The molecule has 1 aliphatic carbocycles. The molecule has 1 aliphatic rings. The molecule has 130 valence electrons. The van der Waals surface area contributed by atoms with Gasteiger partial charge in [-0.1, -0.05) is 43.0 Å².